The maximum absolute atomic E-state index is 12.3. The SMILES string of the molecule is O=c1ccc(N2CCCCC2CNc2ccncn2)nn1C1CCCC1O. The third kappa shape index (κ3) is 3.95. The molecule has 8 heteroatoms. The number of hydrogen-bond acceptors (Lipinski definition) is 7. The second-order valence-corrected chi connectivity index (χ2v) is 7.36. The Bertz CT molecular complexity index is 811. The van der Waals surface area contributed by atoms with E-state index in [2.05, 4.69) is 25.3 Å². The van der Waals surface area contributed by atoms with Gasteiger partial charge in [-0.05, 0) is 50.7 Å². The molecule has 3 heterocycles. The molecule has 2 aliphatic rings. The Balaban J connectivity index is 1.53. The van der Waals surface area contributed by atoms with Gasteiger partial charge in [-0.15, -0.1) is 0 Å². The van der Waals surface area contributed by atoms with Gasteiger partial charge in [-0.25, -0.2) is 14.6 Å². The quantitative estimate of drug-likeness (QED) is 0.825. The maximum atomic E-state index is 12.3. The molecule has 27 heavy (non-hydrogen) atoms. The Kier molecular flexibility index (Phi) is 5.33. The van der Waals surface area contributed by atoms with Crippen LogP contribution in [0.25, 0.3) is 0 Å². The van der Waals surface area contributed by atoms with Gasteiger partial charge >= 0.3 is 0 Å². The summed E-state index contributed by atoms with van der Waals surface area (Å²) in [7, 11) is 0. The van der Waals surface area contributed by atoms with Gasteiger partial charge in [0.1, 0.15) is 18.0 Å². The standard InChI is InChI=1S/C19H26N6O2/c26-16-6-3-5-15(16)25-19(27)8-7-18(23-25)24-11-2-1-4-14(24)12-21-17-9-10-20-13-22-17/h7-10,13-16,26H,1-6,11-12H2,(H,20,21,22). The van der Waals surface area contributed by atoms with Crippen LogP contribution >= 0.6 is 0 Å². The van der Waals surface area contributed by atoms with Crippen molar-refractivity contribution < 1.29 is 5.11 Å². The molecular weight excluding hydrogens is 344 g/mol. The second kappa shape index (κ2) is 8.04. The summed E-state index contributed by atoms with van der Waals surface area (Å²) in [5.41, 5.74) is -0.141. The molecular formula is C19H26N6O2. The third-order valence-electron chi connectivity index (χ3n) is 5.59. The van der Waals surface area contributed by atoms with E-state index < -0.39 is 6.10 Å². The lowest BCUT2D eigenvalue weighted by Gasteiger charge is -2.37. The van der Waals surface area contributed by atoms with Gasteiger partial charge in [0, 0.05) is 31.4 Å². The molecule has 0 aromatic carbocycles. The Hall–Kier alpha value is -2.48. The van der Waals surface area contributed by atoms with E-state index in [-0.39, 0.29) is 17.6 Å². The summed E-state index contributed by atoms with van der Waals surface area (Å²) in [6.07, 6.45) is 8.58. The summed E-state index contributed by atoms with van der Waals surface area (Å²) in [5.74, 6) is 1.62. The van der Waals surface area contributed by atoms with Crippen LogP contribution in [-0.4, -0.2) is 50.1 Å². The first-order chi connectivity index (χ1) is 13.2. The summed E-state index contributed by atoms with van der Waals surface area (Å²) in [6.45, 7) is 1.67. The summed E-state index contributed by atoms with van der Waals surface area (Å²) >= 11 is 0. The molecule has 144 valence electrons. The van der Waals surface area contributed by atoms with Gasteiger partial charge in [-0.2, -0.15) is 5.10 Å². The molecule has 0 amide bonds. The number of nitrogens with zero attached hydrogens (tertiary/aromatic N) is 5. The van der Waals surface area contributed by atoms with Crippen LogP contribution in [0.15, 0.2) is 35.5 Å². The Morgan fingerprint density at radius 2 is 2.07 bits per heavy atom. The molecule has 0 spiro atoms. The van der Waals surface area contributed by atoms with Gasteiger partial charge in [-0.3, -0.25) is 4.79 Å². The molecule has 4 rings (SSSR count). The lowest BCUT2D eigenvalue weighted by atomic mass is 10.0. The van der Waals surface area contributed by atoms with Crippen molar-refractivity contribution in [3.63, 3.8) is 0 Å². The minimum Gasteiger partial charge on any atom is -0.391 e. The molecule has 1 saturated carbocycles. The van der Waals surface area contributed by atoms with Crippen LogP contribution in [0.3, 0.4) is 0 Å². The fourth-order valence-electron chi connectivity index (χ4n) is 4.14. The first-order valence-electron chi connectivity index (χ1n) is 9.77. The average Bonchev–Trinajstić information content (AvgIpc) is 3.13. The van der Waals surface area contributed by atoms with Crippen molar-refractivity contribution in [2.45, 2.75) is 56.7 Å². The van der Waals surface area contributed by atoms with Crippen molar-refractivity contribution in [1.29, 1.82) is 0 Å². The smallest absolute Gasteiger partial charge is 0.267 e. The minimum atomic E-state index is -0.484. The molecule has 3 unspecified atom stereocenters. The molecule has 2 aromatic rings. The lowest BCUT2D eigenvalue weighted by molar-refractivity contribution is 0.127. The molecule has 2 aromatic heterocycles. The van der Waals surface area contributed by atoms with Gasteiger partial charge in [0.05, 0.1) is 12.1 Å². The van der Waals surface area contributed by atoms with Crippen LogP contribution in [-0.2, 0) is 0 Å². The normalized spacial score (nSPS) is 25.5. The number of piperidine rings is 1. The fraction of sp³-hybridized carbons (Fsp3) is 0.579. The van der Waals surface area contributed by atoms with E-state index in [0.717, 1.165) is 56.8 Å². The van der Waals surface area contributed by atoms with Crippen molar-refractivity contribution in [1.82, 2.24) is 19.7 Å². The number of aliphatic hydroxyl groups is 1. The van der Waals surface area contributed by atoms with Crippen molar-refractivity contribution in [3.8, 4) is 0 Å². The third-order valence-corrected chi connectivity index (χ3v) is 5.59. The predicted molar refractivity (Wildman–Crippen MR) is 103 cm³/mol. The molecule has 0 radical (unpaired) electrons. The Morgan fingerprint density at radius 3 is 2.85 bits per heavy atom. The zero-order chi connectivity index (χ0) is 18.6. The van der Waals surface area contributed by atoms with E-state index in [9.17, 15) is 9.90 Å². The van der Waals surface area contributed by atoms with Gasteiger partial charge in [-0.1, -0.05) is 0 Å². The Labute approximate surface area is 158 Å². The monoisotopic (exact) mass is 370 g/mol. The van der Waals surface area contributed by atoms with Crippen LogP contribution in [0.1, 0.15) is 44.6 Å². The number of anilines is 2. The van der Waals surface area contributed by atoms with Crippen molar-refractivity contribution in [2.75, 3.05) is 23.3 Å². The first kappa shape index (κ1) is 17.9. The topological polar surface area (TPSA) is 96.2 Å². The van der Waals surface area contributed by atoms with Gasteiger partial charge in [0.25, 0.3) is 5.56 Å². The minimum absolute atomic E-state index is 0.141. The number of rotatable bonds is 5. The van der Waals surface area contributed by atoms with E-state index in [1.54, 1.807) is 12.3 Å². The fourth-order valence-corrected chi connectivity index (χ4v) is 4.14. The molecule has 0 bridgehead atoms. The summed E-state index contributed by atoms with van der Waals surface area (Å²) in [5, 5.41) is 18.2. The van der Waals surface area contributed by atoms with Crippen LogP contribution in [0.5, 0.6) is 0 Å². The molecule has 1 saturated heterocycles. The maximum Gasteiger partial charge on any atom is 0.267 e. The predicted octanol–water partition coefficient (Wildman–Crippen LogP) is 1.59. The summed E-state index contributed by atoms with van der Waals surface area (Å²) in [6, 6.07) is 5.31. The van der Waals surface area contributed by atoms with E-state index in [1.165, 1.54) is 17.4 Å². The molecule has 8 nitrogen and oxygen atoms in total. The highest BCUT2D eigenvalue weighted by Crippen LogP contribution is 2.29. The van der Waals surface area contributed by atoms with Gasteiger partial charge in [0.15, 0.2) is 0 Å². The number of aromatic nitrogens is 4. The zero-order valence-corrected chi connectivity index (χ0v) is 15.4. The van der Waals surface area contributed by atoms with Gasteiger partial charge in [0.2, 0.25) is 0 Å². The van der Waals surface area contributed by atoms with Crippen LogP contribution in [0.2, 0.25) is 0 Å². The highest BCUT2D eigenvalue weighted by atomic mass is 16.3. The lowest BCUT2D eigenvalue weighted by Crippen LogP contribution is -2.45. The van der Waals surface area contributed by atoms with E-state index in [0.29, 0.717) is 0 Å². The van der Waals surface area contributed by atoms with E-state index in [4.69, 9.17) is 0 Å². The number of aliphatic hydroxyl groups excluding tert-OH is 1. The average molecular weight is 370 g/mol. The van der Waals surface area contributed by atoms with Crippen molar-refractivity contribution >= 4 is 11.6 Å². The molecule has 1 aliphatic carbocycles. The highest BCUT2D eigenvalue weighted by Gasteiger charge is 2.30. The first-order valence-corrected chi connectivity index (χ1v) is 9.77. The largest absolute Gasteiger partial charge is 0.391 e. The summed E-state index contributed by atoms with van der Waals surface area (Å²) < 4.78 is 1.50. The molecule has 3 atom stereocenters. The van der Waals surface area contributed by atoms with Crippen LogP contribution in [0, 0.1) is 0 Å². The molecule has 2 fully saturated rings. The van der Waals surface area contributed by atoms with E-state index in [1.807, 2.05) is 12.1 Å². The molecule has 2 N–H and O–H groups in total. The molecule has 1 aliphatic heterocycles. The number of nitrogens with one attached hydrogen (secondary N) is 1. The van der Waals surface area contributed by atoms with Crippen molar-refractivity contribution in [2.24, 2.45) is 0 Å². The summed E-state index contributed by atoms with van der Waals surface area (Å²) in [4.78, 5) is 22.8. The zero-order valence-electron chi connectivity index (χ0n) is 15.4. The van der Waals surface area contributed by atoms with Gasteiger partial charge < -0.3 is 15.3 Å². The van der Waals surface area contributed by atoms with Crippen molar-refractivity contribution in [3.05, 3.63) is 41.1 Å². The second-order valence-electron chi connectivity index (χ2n) is 7.36. The van der Waals surface area contributed by atoms with E-state index >= 15 is 0 Å². The van der Waals surface area contributed by atoms with Crippen LogP contribution < -0.4 is 15.8 Å². The Morgan fingerprint density at radius 1 is 1.15 bits per heavy atom. The van der Waals surface area contributed by atoms with Crippen LogP contribution in [0.4, 0.5) is 11.6 Å². The highest BCUT2D eigenvalue weighted by molar-refractivity contribution is 5.40. The number of hydrogen-bond donors (Lipinski definition) is 2.